The van der Waals surface area contributed by atoms with Gasteiger partial charge in [-0.1, -0.05) is 0 Å². The molecule has 1 atom stereocenters. The monoisotopic (exact) mass is 265 g/mol. The van der Waals surface area contributed by atoms with E-state index >= 15 is 0 Å². The molecule has 0 spiro atoms. The highest BCUT2D eigenvalue weighted by Crippen LogP contribution is 2.05. The minimum Gasteiger partial charge on any atom is -0.395 e. The number of hydrogen-bond donors (Lipinski definition) is 2. The maximum Gasteiger partial charge on any atom is 0.215 e. The Morgan fingerprint density at radius 3 is 2.53 bits per heavy atom. The van der Waals surface area contributed by atoms with Crippen LogP contribution >= 0.6 is 0 Å². The molecule has 1 aliphatic heterocycles. The van der Waals surface area contributed by atoms with Crippen molar-refractivity contribution < 1.29 is 13.5 Å². The van der Waals surface area contributed by atoms with Gasteiger partial charge in [0, 0.05) is 45.8 Å². The van der Waals surface area contributed by atoms with Gasteiger partial charge in [-0.05, 0) is 6.92 Å². The Morgan fingerprint density at radius 1 is 1.41 bits per heavy atom. The highest BCUT2D eigenvalue weighted by atomic mass is 32.2. The van der Waals surface area contributed by atoms with Crippen molar-refractivity contribution in [2.45, 2.75) is 13.0 Å². The zero-order valence-electron chi connectivity index (χ0n) is 10.6. The van der Waals surface area contributed by atoms with E-state index < -0.39 is 10.0 Å². The fourth-order valence-electron chi connectivity index (χ4n) is 1.71. The maximum absolute atomic E-state index is 11.9. The average Bonchev–Trinajstić information content (AvgIpc) is 2.36. The van der Waals surface area contributed by atoms with E-state index in [-0.39, 0.29) is 18.4 Å². The number of nitrogens with zero attached hydrogens (tertiary/aromatic N) is 2. The van der Waals surface area contributed by atoms with Gasteiger partial charge in [-0.2, -0.15) is 4.31 Å². The average molecular weight is 265 g/mol. The molecule has 0 aromatic carbocycles. The van der Waals surface area contributed by atoms with E-state index in [0.29, 0.717) is 6.54 Å². The summed E-state index contributed by atoms with van der Waals surface area (Å²) in [7, 11) is -1.74. The van der Waals surface area contributed by atoms with E-state index in [1.54, 1.807) is 6.92 Å². The summed E-state index contributed by atoms with van der Waals surface area (Å²) in [5, 5.41) is 12.2. The van der Waals surface area contributed by atoms with E-state index in [0.717, 1.165) is 26.2 Å². The topological polar surface area (TPSA) is 72.9 Å². The van der Waals surface area contributed by atoms with E-state index in [4.69, 9.17) is 5.11 Å². The lowest BCUT2D eigenvalue weighted by molar-refractivity contribution is 0.212. The normalized spacial score (nSPS) is 20.7. The van der Waals surface area contributed by atoms with E-state index in [2.05, 4.69) is 10.2 Å². The molecule has 0 saturated carbocycles. The molecule has 1 heterocycles. The first-order valence-corrected chi connectivity index (χ1v) is 7.58. The third-order valence-corrected chi connectivity index (χ3v) is 5.13. The van der Waals surface area contributed by atoms with Crippen molar-refractivity contribution in [2.24, 2.45) is 0 Å². The summed E-state index contributed by atoms with van der Waals surface area (Å²) in [6, 6.07) is -0.358. The molecular weight excluding hydrogens is 242 g/mol. The van der Waals surface area contributed by atoms with Crippen LogP contribution in [0.25, 0.3) is 0 Å². The molecule has 6 nitrogen and oxygen atoms in total. The van der Waals surface area contributed by atoms with Crippen LogP contribution in [0.2, 0.25) is 0 Å². The summed E-state index contributed by atoms with van der Waals surface area (Å²) in [6.07, 6.45) is 0. The van der Waals surface area contributed by atoms with Gasteiger partial charge in [-0.25, -0.2) is 8.42 Å². The van der Waals surface area contributed by atoms with Crippen LogP contribution < -0.4 is 5.32 Å². The molecule has 0 bridgehead atoms. The predicted molar refractivity (Wildman–Crippen MR) is 67.4 cm³/mol. The van der Waals surface area contributed by atoms with Gasteiger partial charge in [0.05, 0.1) is 12.4 Å². The Hall–Kier alpha value is -0.210. The van der Waals surface area contributed by atoms with Crippen molar-refractivity contribution in [1.29, 1.82) is 0 Å². The molecule has 0 aromatic heterocycles. The summed E-state index contributed by atoms with van der Waals surface area (Å²) in [6.45, 7) is 5.74. The molecule has 1 aliphatic rings. The van der Waals surface area contributed by atoms with Gasteiger partial charge < -0.3 is 10.4 Å². The molecule has 17 heavy (non-hydrogen) atoms. The third kappa shape index (κ3) is 4.51. The highest BCUT2D eigenvalue weighted by Gasteiger charge is 2.23. The quantitative estimate of drug-likeness (QED) is 0.614. The predicted octanol–water partition coefficient (Wildman–Crippen LogP) is -1.47. The number of aliphatic hydroxyl groups is 1. The molecular formula is C10H23N3O3S. The van der Waals surface area contributed by atoms with Crippen molar-refractivity contribution in [3.05, 3.63) is 0 Å². The Balaban J connectivity index is 2.43. The van der Waals surface area contributed by atoms with Crippen molar-refractivity contribution in [1.82, 2.24) is 14.5 Å². The van der Waals surface area contributed by atoms with Crippen molar-refractivity contribution in [3.8, 4) is 0 Å². The maximum atomic E-state index is 11.9. The smallest absolute Gasteiger partial charge is 0.215 e. The molecule has 0 radical (unpaired) electrons. The molecule has 7 heteroatoms. The van der Waals surface area contributed by atoms with Crippen LogP contribution in [0.4, 0.5) is 0 Å². The Morgan fingerprint density at radius 2 is 2.00 bits per heavy atom. The number of nitrogens with one attached hydrogen (secondary N) is 1. The molecule has 1 saturated heterocycles. The standard InChI is InChI=1S/C10H23N3O3S/c1-10(9-14)12(2)17(15,16)8-7-13-5-3-11-4-6-13/h10-11,14H,3-9H2,1-2H3. The summed E-state index contributed by atoms with van der Waals surface area (Å²) in [4.78, 5) is 2.14. The van der Waals surface area contributed by atoms with E-state index in [9.17, 15) is 8.42 Å². The van der Waals surface area contributed by atoms with Gasteiger partial charge >= 0.3 is 0 Å². The van der Waals surface area contributed by atoms with Crippen molar-refractivity contribution in [3.63, 3.8) is 0 Å². The van der Waals surface area contributed by atoms with Crippen LogP contribution in [0, 0.1) is 0 Å². The van der Waals surface area contributed by atoms with Crippen LogP contribution in [0.3, 0.4) is 0 Å². The largest absolute Gasteiger partial charge is 0.395 e. The van der Waals surface area contributed by atoms with Crippen LogP contribution in [0.1, 0.15) is 6.92 Å². The number of piperazine rings is 1. The summed E-state index contributed by atoms with van der Waals surface area (Å²) in [5.74, 6) is 0.119. The molecule has 2 N–H and O–H groups in total. The minimum atomic E-state index is -3.26. The van der Waals surface area contributed by atoms with Gasteiger partial charge in [0.2, 0.25) is 10.0 Å². The highest BCUT2D eigenvalue weighted by molar-refractivity contribution is 7.89. The summed E-state index contributed by atoms with van der Waals surface area (Å²) in [5.41, 5.74) is 0. The number of aliphatic hydroxyl groups excluding tert-OH is 1. The van der Waals surface area contributed by atoms with Gasteiger partial charge in [-0.3, -0.25) is 4.90 Å². The SMILES string of the molecule is CC(CO)N(C)S(=O)(=O)CCN1CCNCC1. The minimum absolute atomic E-state index is 0.119. The fraction of sp³-hybridized carbons (Fsp3) is 1.00. The zero-order valence-corrected chi connectivity index (χ0v) is 11.4. The first kappa shape index (κ1) is 14.8. The van der Waals surface area contributed by atoms with Crippen molar-refractivity contribution >= 4 is 10.0 Å². The molecule has 0 aliphatic carbocycles. The van der Waals surface area contributed by atoms with Crippen molar-refractivity contribution in [2.75, 3.05) is 52.1 Å². The van der Waals surface area contributed by atoms with Crippen LogP contribution in [-0.4, -0.2) is 80.9 Å². The summed E-state index contributed by atoms with van der Waals surface area (Å²) < 4.78 is 25.2. The lowest BCUT2D eigenvalue weighted by Crippen LogP contribution is -2.47. The van der Waals surface area contributed by atoms with Gasteiger partial charge in [0.15, 0.2) is 0 Å². The second kappa shape index (κ2) is 6.65. The molecule has 1 unspecified atom stereocenters. The second-order valence-corrected chi connectivity index (χ2v) is 6.60. The molecule has 0 aromatic rings. The number of hydrogen-bond acceptors (Lipinski definition) is 5. The number of sulfonamides is 1. The van der Waals surface area contributed by atoms with Gasteiger partial charge in [0.25, 0.3) is 0 Å². The van der Waals surface area contributed by atoms with Crippen LogP contribution in [-0.2, 0) is 10.0 Å². The van der Waals surface area contributed by atoms with Crippen LogP contribution in [0.5, 0.6) is 0 Å². The fourth-order valence-corrected chi connectivity index (χ4v) is 3.10. The third-order valence-electron chi connectivity index (χ3n) is 3.20. The lowest BCUT2D eigenvalue weighted by Gasteiger charge is -2.28. The lowest BCUT2D eigenvalue weighted by atomic mass is 10.4. The number of likely N-dealkylation sites (N-methyl/N-ethyl adjacent to an activating group) is 1. The van der Waals surface area contributed by atoms with Gasteiger partial charge in [-0.15, -0.1) is 0 Å². The first-order valence-electron chi connectivity index (χ1n) is 5.97. The van der Waals surface area contributed by atoms with E-state index in [1.165, 1.54) is 11.4 Å². The Bertz CT molecular complexity index is 315. The molecule has 0 amide bonds. The number of rotatable bonds is 6. The van der Waals surface area contributed by atoms with E-state index in [1.807, 2.05) is 0 Å². The second-order valence-electron chi connectivity index (χ2n) is 4.46. The molecule has 1 rings (SSSR count). The first-order chi connectivity index (χ1) is 7.97. The molecule has 1 fully saturated rings. The summed E-state index contributed by atoms with van der Waals surface area (Å²) >= 11 is 0. The Labute approximate surface area is 104 Å². The Kier molecular flexibility index (Phi) is 5.81. The van der Waals surface area contributed by atoms with Gasteiger partial charge in [0.1, 0.15) is 0 Å². The molecule has 102 valence electrons. The van der Waals surface area contributed by atoms with Crippen LogP contribution in [0.15, 0.2) is 0 Å². The zero-order chi connectivity index (χ0) is 12.9.